The van der Waals surface area contributed by atoms with E-state index in [1.807, 2.05) is 42.5 Å². The van der Waals surface area contributed by atoms with Crippen molar-refractivity contribution in [1.29, 1.82) is 0 Å². The maximum absolute atomic E-state index is 12.6. The Morgan fingerprint density at radius 3 is 2.45 bits per heavy atom. The van der Waals surface area contributed by atoms with Crippen LogP contribution in [0.1, 0.15) is 11.1 Å². The lowest BCUT2D eigenvalue weighted by atomic mass is 9.94. The van der Waals surface area contributed by atoms with Crippen LogP contribution in [0.2, 0.25) is 0 Å². The summed E-state index contributed by atoms with van der Waals surface area (Å²) in [5.41, 5.74) is 6.32. The third-order valence-corrected chi connectivity index (χ3v) is 5.27. The number of rotatable bonds is 7. The van der Waals surface area contributed by atoms with E-state index in [4.69, 9.17) is 14.0 Å². The van der Waals surface area contributed by atoms with Crippen LogP contribution in [0.3, 0.4) is 0 Å². The topological polar surface area (TPSA) is 73.6 Å². The van der Waals surface area contributed by atoms with Gasteiger partial charge in [0.1, 0.15) is 12.0 Å². The van der Waals surface area contributed by atoms with Crippen LogP contribution < -0.4 is 14.8 Å². The van der Waals surface area contributed by atoms with E-state index in [0.717, 1.165) is 27.8 Å². The summed E-state index contributed by atoms with van der Waals surface area (Å²) in [6, 6.07) is 21.2. The van der Waals surface area contributed by atoms with Crippen LogP contribution >= 0.6 is 0 Å². The third-order valence-electron chi connectivity index (χ3n) is 5.27. The maximum atomic E-state index is 12.6. The summed E-state index contributed by atoms with van der Waals surface area (Å²) in [6.45, 7) is 2.07. The molecule has 166 valence electrons. The minimum absolute atomic E-state index is 0.250. The van der Waals surface area contributed by atoms with Gasteiger partial charge in [0, 0.05) is 23.4 Å². The number of hydrogen-bond acceptors (Lipinski definition) is 5. The molecule has 1 heterocycles. The molecule has 6 heteroatoms. The summed E-state index contributed by atoms with van der Waals surface area (Å²) in [7, 11) is 3.16. The summed E-state index contributed by atoms with van der Waals surface area (Å²) in [5, 5.41) is 7.02. The molecular formula is C27H24N2O4. The molecule has 33 heavy (non-hydrogen) atoms. The summed E-state index contributed by atoms with van der Waals surface area (Å²) < 4.78 is 15.6. The molecule has 0 saturated heterocycles. The Labute approximate surface area is 192 Å². The van der Waals surface area contributed by atoms with Crippen LogP contribution in [-0.4, -0.2) is 25.3 Å². The Kier molecular flexibility index (Phi) is 6.55. The molecule has 0 unspecified atom stereocenters. The number of ether oxygens (including phenoxy) is 2. The predicted molar refractivity (Wildman–Crippen MR) is 129 cm³/mol. The molecule has 1 N–H and O–H groups in total. The van der Waals surface area contributed by atoms with E-state index in [2.05, 4.69) is 29.5 Å². The second kappa shape index (κ2) is 9.87. The zero-order valence-corrected chi connectivity index (χ0v) is 18.7. The Morgan fingerprint density at radius 1 is 0.909 bits per heavy atom. The molecule has 0 atom stereocenters. The van der Waals surface area contributed by atoms with Gasteiger partial charge in [0.2, 0.25) is 5.91 Å². The molecule has 6 nitrogen and oxygen atoms in total. The molecule has 0 saturated carbocycles. The minimum atomic E-state index is -0.250. The normalized spacial score (nSPS) is 10.9. The van der Waals surface area contributed by atoms with Gasteiger partial charge in [-0.1, -0.05) is 41.6 Å². The molecule has 1 amide bonds. The standard InChI is InChI=1S/C27H24N2O4/c1-18-6-4-5-7-21(18)22-11-10-20(17-23(22)24-14-15-33-29-24)28-27(30)13-9-19-8-12-25(31-2)26(16-19)32-3/h4-17H,1-3H3,(H,28,30). The molecule has 0 aliphatic heterocycles. The summed E-state index contributed by atoms with van der Waals surface area (Å²) in [4.78, 5) is 12.6. The van der Waals surface area contributed by atoms with E-state index in [1.165, 1.54) is 12.3 Å². The summed E-state index contributed by atoms with van der Waals surface area (Å²) >= 11 is 0. The van der Waals surface area contributed by atoms with Gasteiger partial charge in [0.05, 0.1) is 14.2 Å². The highest BCUT2D eigenvalue weighted by Gasteiger charge is 2.13. The van der Waals surface area contributed by atoms with E-state index in [-0.39, 0.29) is 5.91 Å². The van der Waals surface area contributed by atoms with Crippen molar-refractivity contribution in [2.45, 2.75) is 6.92 Å². The van der Waals surface area contributed by atoms with Crippen molar-refractivity contribution in [2.75, 3.05) is 19.5 Å². The van der Waals surface area contributed by atoms with Crippen LogP contribution in [0, 0.1) is 6.92 Å². The Morgan fingerprint density at radius 2 is 1.73 bits per heavy atom. The van der Waals surface area contributed by atoms with E-state index >= 15 is 0 Å². The van der Waals surface area contributed by atoms with Gasteiger partial charge >= 0.3 is 0 Å². The first kappa shape index (κ1) is 21.9. The van der Waals surface area contributed by atoms with Gasteiger partial charge in [-0.3, -0.25) is 4.79 Å². The average molecular weight is 440 g/mol. The number of amides is 1. The molecular weight excluding hydrogens is 416 g/mol. The molecule has 0 aliphatic carbocycles. The predicted octanol–water partition coefficient (Wildman–Crippen LogP) is 5.99. The number of anilines is 1. The third kappa shape index (κ3) is 4.96. The van der Waals surface area contributed by atoms with Crippen LogP contribution in [-0.2, 0) is 4.79 Å². The largest absolute Gasteiger partial charge is 0.493 e. The van der Waals surface area contributed by atoms with Gasteiger partial charge < -0.3 is 19.3 Å². The van der Waals surface area contributed by atoms with Crippen LogP contribution in [0.5, 0.6) is 11.5 Å². The number of methoxy groups -OCH3 is 2. The molecule has 0 spiro atoms. The molecule has 0 radical (unpaired) electrons. The molecule has 0 fully saturated rings. The monoisotopic (exact) mass is 440 g/mol. The number of nitrogens with zero attached hydrogens (tertiary/aromatic N) is 1. The second-order valence-electron chi connectivity index (χ2n) is 7.40. The van der Waals surface area contributed by atoms with Gasteiger partial charge in [-0.25, -0.2) is 0 Å². The first-order valence-electron chi connectivity index (χ1n) is 10.4. The zero-order chi connectivity index (χ0) is 23.2. The zero-order valence-electron chi connectivity index (χ0n) is 18.7. The number of aryl methyl sites for hydroxylation is 1. The van der Waals surface area contributed by atoms with E-state index in [9.17, 15) is 4.79 Å². The number of benzene rings is 3. The average Bonchev–Trinajstić information content (AvgIpc) is 3.38. The van der Waals surface area contributed by atoms with Crippen molar-refractivity contribution in [2.24, 2.45) is 0 Å². The van der Waals surface area contributed by atoms with Crippen molar-refractivity contribution in [3.05, 3.63) is 90.2 Å². The first-order valence-corrected chi connectivity index (χ1v) is 10.4. The number of nitrogens with one attached hydrogen (secondary N) is 1. The van der Waals surface area contributed by atoms with Crippen molar-refractivity contribution in [3.63, 3.8) is 0 Å². The van der Waals surface area contributed by atoms with Crippen LogP contribution in [0.25, 0.3) is 28.5 Å². The van der Waals surface area contributed by atoms with Gasteiger partial charge in [0.15, 0.2) is 11.5 Å². The molecule has 4 aromatic rings. The lowest BCUT2D eigenvalue weighted by molar-refractivity contribution is -0.111. The lowest BCUT2D eigenvalue weighted by Crippen LogP contribution is -2.08. The number of aromatic nitrogens is 1. The van der Waals surface area contributed by atoms with E-state index < -0.39 is 0 Å². The van der Waals surface area contributed by atoms with Crippen LogP contribution in [0.4, 0.5) is 5.69 Å². The fourth-order valence-corrected chi connectivity index (χ4v) is 3.61. The SMILES string of the molecule is COc1ccc(C=CC(=O)Nc2ccc(-c3ccccc3C)c(-c3ccon3)c2)cc1OC. The highest BCUT2D eigenvalue weighted by Crippen LogP contribution is 2.35. The van der Waals surface area contributed by atoms with Crippen molar-refractivity contribution < 1.29 is 18.8 Å². The fourth-order valence-electron chi connectivity index (χ4n) is 3.61. The highest BCUT2D eigenvalue weighted by molar-refractivity contribution is 6.02. The molecule has 4 rings (SSSR count). The van der Waals surface area contributed by atoms with Crippen LogP contribution in [0.15, 0.2) is 83.6 Å². The van der Waals surface area contributed by atoms with E-state index in [1.54, 1.807) is 32.4 Å². The minimum Gasteiger partial charge on any atom is -0.493 e. The number of carbonyl (C=O) groups is 1. The Bertz CT molecular complexity index is 1290. The van der Waals surface area contributed by atoms with Crippen molar-refractivity contribution >= 4 is 17.7 Å². The number of carbonyl (C=O) groups excluding carboxylic acids is 1. The maximum Gasteiger partial charge on any atom is 0.248 e. The van der Waals surface area contributed by atoms with Gasteiger partial charge in [-0.2, -0.15) is 0 Å². The Hall–Kier alpha value is -4.32. The molecule has 0 aliphatic rings. The lowest BCUT2D eigenvalue weighted by Gasteiger charge is -2.13. The molecule has 1 aromatic heterocycles. The highest BCUT2D eigenvalue weighted by atomic mass is 16.5. The Balaban J connectivity index is 1.59. The van der Waals surface area contributed by atoms with E-state index in [0.29, 0.717) is 22.9 Å². The smallest absolute Gasteiger partial charge is 0.248 e. The van der Waals surface area contributed by atoms with Crippen molar-refractivity contribution in [1.82, 2.24) is 5.16 Å². The molecule has 3 aromatic carbocycles. The summed E-state index contributed by atoms with van der Waals surface area (Å²) in [6.07, 6.45) is 4.73. The summed E-state index contributed by atoms with van der Waals surface area (Å²) in [5.74, 6) is 0.983. The number of hydrogen-bond donors (Lipinski definition) is 1. The van der Waals surface area contributed by atoms with Gasteiger partial charge in [0.25, 0.3) is 0 Å². The second-order valence-corrected chi connectivity index (χ2v) is 7.40. The first-order chi connectivity index (χ1) is 16.1. The quantitative estimate of drug-likeness (QED) is 0.358. The van der Waals surface area contributed by atoms with Gasteiger partial charge in [-0.15, -0.1) is 0 Å². The fraction of sp³-hybridized carbons (Fsp3) is 0.111. The van der Waals surface area contributed by atoms with Gasteiger partial charge in [-0.05, 0) is 59.5 Å². The van der Waals surface area contributed by atoms with Crippen molar-refractivity contribution in [3.8, 4) is 33.9 Å². The molecule has 0 bridgehead atoms.